The lowest BCUT2D eigenvalue weighted by atomic mass is 9.73. The molecule has 45 heavy (non-hydrogen) atoms. The van der Waals surface area contributed by atoms with Crippen LogP contribution in [-0.2, 0) is 27.9 Å². The summed E-state index contributed by atoms with van der Waals surface area (Å²) in [4.78, 5) is 34.2. The van der Waals surface area contributed by atoms with E-state index in [4.69, 9.17) is 18.5 Å². The number of phosphoric ester groups is 1. The van der Waals surface area contributed by atoms with Gasteiger partial charge in [-0.3, -0.25) is 13.8 Å². The molecule has 3 saturated carbocycles. The zero-order chi connectivity index (χ0) is 32.3. The van der Waals surface area contributed by atoms with E-state index >= 15 is 0 Å². The van der Waals surface area contributed by atoms with Crippen LogP contribution in [0.3, 0.4) is 0 Å². The van der Waals surface area contributed by atoms with Gasteiger partial charge in [-0.05, 0) is 61.7 Å². The van der Waals surface area contributed by atoms with Crippen LogP contribution >= 0.6 is 7.82 Å². The Morgan fingerprint density at radius 3 is 1.87 bits per heavy atom. The van der Waals surface area contributed by atoms with Crippen molar-refractivity contribution in [1.82, 2.24) is 5.32 Å². The highest BCUT2D eigenvalue weighted by Crippen LogP contribution is 2.57. The summed E-state index contributed by atoms with van der Waals surface area (Å²) in [5.74, 6) is 2.93. The number of carbonyl (C=O) groups excluding carboxylic acids is 2. The highest BCUT2D eigenvalue weighted by atomic mass is 31.2. The fraction of sp³-hybridized carbons (Fsp3) is 0.941. The van der Waals surface area contributed by atoms with Crippen LogP contribution in [0.2, 0.25) is 0 Å². The molecule has 262 valence electrons. The van der Waals surface area contributed by atoms with Gasteiger partial charge in [0.25, 0.3) is 0 Å². The van der Waals surface area contributed by atoms with Crippen LogP contribution in [0.15, 0.2) is 0 Å². The van der Waals surface area contributed by atoms with E-state index in [0.717, 1.165) is 31.1 Å². The second-order valence-corrected chi connectivity index (χ2v) is 15.1. The molecule has 3 aliphatic carbocycles. The van der Waals surface area contributed by atoms with Crippen molar-refractivity contribution in [2.24, 2.45) is 29.6 Å². The molecule has 6 unspecified atom stereocenters. The molecular formula is C34H62NO9P. The van der Waals surface area contributed by atoms with Gasteiger partial charge in [0.15, 0.2) is 0 Å². The zero-order valence-electron chi connectivity index (χ0n) is 27.8. The third-order valence-electron chi connectivity index (χ3n) is 10.3. The average Bonchev–Trinajstić information content (AvgIpc) is 3.36. The summed E-state index contributed by atoms with van der Waals surface area (Å²) in [6.07, 6.45) is 21.9. The molecule has 0 spiro atoms. The Hall–Kier alpha value is -1.19. The number of fused-ring (bicyclic) bond motifs is 3. The third kappa shape index (κ3) is 14.6. The molecule has 6 atom stereocenters. The van der Waals surface area contributed by atoms with Gasteiger partial charge < -0.3 is 24.8 Å². The third-order valence-corrected chi connectivity index (χ3v) is 11.3. The quantitative estimate of drug-likeness (QED) is 0.0572. The van der Waals surface area contributed by atoms with Crippen LogP contribution in [0, 0.1) is 29.6 Å². The van der Waals surface area contributed by atoms with Gasteiger partial charge in [0, 0.05) is 13.0 Å². The number of ether oxygens (including phenoxy) is 2. The van der Waals surface area contributed by atoms with Crippen molar-refractivity contribution >= 4 is 19.9 Å². The summed E-state index contributed by atoms with van der Waals surface area (Å²) in [5.41, 5.74) is 0. The lowest BCUT2D eigenvalue weighted by Crippen LogP contribution is -2.32. The SMILES string of the molecule is CCCCCCCCCCCCCC(=O)OCC(O)COP(=O)(O)OCCNC(=O)OCC1C2CCCCC2C2CCCCC21. The Balaban J connectivity index is 1.16. The van der Waals surface area contributed by atoms with E-state index in [2.05, 4.69) is 12.2 Å². The van der Waals surface area contributed by atoms with Crippen LogP contribution < -0.4 is 5.32 Å². The van der Waals surface area contributed by atoms with Gasteiger partial charge >= 0.3 is 19.9 Å². The fourth-order valence-corrected chi connectivity index (χ4v) is 8.82. The first-order valence-corrected chi connectivity index (χ1v) is 19.7. The largest absolute Gasteiger partial charge is 0.472 e. The van der Waals surface area contributed by atoms with Gasteiger partial charge in [0.05, 0.1) is 19.8 Å². The number of aliphatic hydroxyl groups excluding tert-OH is 1. The molecule has 0 aromatic rings. The number of hydrogen-bond donors (Lipinski definition) is 3. The van der Waals surface area contributed by atoms with E-state index in [9.17, 15) is 24.2 Å². The second-order valence-electron chi connectivity index (χ2n) is 13.6. The number of amides is 1. The van der Waals surface area contributed by atoms with Crippen molar-refractivity contribution in [2.75, 3.05) is 33.0 Å². The van der Waals surface area contributed by atoms with E-state index in [1.54, 1.807) is 0 Å². The molecular weight excluding hydrogens is 597 g/mol. The van der Waals surface area contributed by atoms with E-state index in [1.165, 1.54) is 103 Å². The van der Waals surface area contributed by atoms with Gasteiger partial charge in [0.1, 0.15) is 12.7 Å². The molecule has 1 amide bonds. The standard InChI is InChI=1S/C34H62NO9P/c1-2-3-4-5-6-7-8-9-10-11-12-21-33(37)41-24-27(36)25-44-45(39,40)43-23-22-35-34(38)42-26-32-30-19-15-13-17-28(30)29-18-14-16-20-31(29)32/h27-32,36H,2-26H2,1H3,(H,35,38)(H,39,40). The van der Waals surface area contributed by atoms with Crippen LogP contribution in [0.4, 0.5) is 4.79 Å². The van der Waals surface area contributed by atoms with Crippen molar-refractivity contribution < 1.29 is 42.7 Å². The Bertz CT molecular complexity index is 868. The molecule has 0 heterocycles. The molecule has 0 aromatic carbocycles. The molecule has 3 aliphatic rings. The van der Waals surface area contributed by atoms with Crippen LogP contribution in [0.5, 0.6) is 0 Å². The lowest BCUT2D eigenvalue weighted by Gasteiger charge is -2.32. The number of phosphoric acid groups is 1. The van der Waals surface area contributed by atoms with Crippen LogP contribution in [-0.4, -0.2) is 61.1 Å². The highest BCUT2D eigenvalue weighted by Gasteiger charge is 2.51. The van der Waals surface area contributed by atoms with Crippen molar-refractivity contribution in [3.8, 4) is 0 Å². The number of carbonyl (C=O) groups is 2. The van der Waals surface area contributed by atoms with Gasteiger partial charge in [-0.25, -0.2) is 9.36 Å². The molecule has 10 nitrogen and oxygen atoms in total. The van der Waals surface area contributed by atoms with Crippen molar-refractivity contribution in [3.05, 3.63) is 0 Å². The smallest absolute Gasteiger partial charge is 0.463 e. The molecule has 0 saturated heterocycles. The predicted octanol–water partition coefficient (Wildman–Crippen LogP) is 7.69. The summed E-state index contributed by atoms with van der Waals surface area (Å²) in [6.45, 7) is 1.53. The number of esters is 1. The van der Waals surface area contributed by atoms with Crippen molar-refractivity contribution in [3.63, 3.8) is 0 Å². The summed E-state index contributed by atoms with van der Waals surface area (Å²) in [7, 11) is -4.45. The monoisotopic (exact) mass is 659 g/mol. The summed E-state index contributed by atoms with van der Waals surface area (Å²) in [5, 5.41) is 12.6. The minimum absolute atomic E-state index is 0.0191. The minimum atomic E-state index is -4.45. The molecule has 3 rings (SSSR count). The van der Waals surface area contributed by atoms with Gasteiger partial charge in [-0.2, -0.15) is 0 Å². The maximum atomic E-state index is 12.3. The Kier molecular flexibility index (Phi) is 18.4. The lowest BCUT2D eigenvalue weighted by molar-refractivity contribution is -0.147. The molecule has 0 radical (unpaired) electrons. The van der Waals surface area contributed by atoms with E-state index in [1.807, 2.05) is 0 Å². The normalized spacial score (nSPS) is 26.3. The first kappa shape index (κ1) is 38.3. The van der Waals surface area contributed by atoms with Gasteiger partial charge in [0.2, 0.25) is 0 Å². The zero-order valence-corrected chi connectivity index (χ0v) is 28.7. The summed E-state index contributed by atoms with van der Waals surface area (Å²) in [6, 6.07) is 0. The molecule has 3 N–H and O–H groups in total. The predicted molar refractivity (Wildman–Crippen MR) is 174 cm³/mol. The van der Waals surface area contributed by atoms with Crippen molar-refractivity contribution in [1.29, 1.82) is 0 Å². The first-order valence-electron chi connectivity index (χ1n) is 18.2. The summed E-state index contributed by atoms with van der Waals surface area (Å²) < 4.78 is 32.5. The Morgan fingerprint density at radius 2 is 1.29 bits per heavy atom. The number of rotatable bonds is 23. The molecule has 11 heteroatoms. The number of nitrogens with one attached hydrogen (secondary N) is 1. The second kappa shape index (κ2) is 21.6. The van der Waals surface area contributed by atoms with E-state index in [-0.39, 0.29) is 26.2 Å². The maximum absolute atomic E-state index is 12.3. The molecule has 0 aliphatic heterocycles. The number of hydrogen-bond acceptors (Lipinski definition) is 8. The average molecular weight is 660 g/mol. The topological polar surface area (TPSA) is 141 Å². The summed E-state index contributed by atoms with van der Waals surface area (Å²) >= 11 is 0. The van der Waals surface area contributed by atoms with Crippen LogP contribution in [0.1, 0.15) is 135 Å². The minimum Gasteiger partial charge on any atom is -0.463 e. The maximum Gasteiger partial charge on any atom is 0.472 e. The van der Waals surface area contributed by atoms with Crippen molar-refractivity contribution in [2.45, 2.75) is 141 Å². The van der Waals surface area contributed by atoms with Gasteiger partial charge in [-0.15, -0.1) is 0 Å². The molecule has 3 fully saturated rings. The number of aliphatic hydroxyl groups is 1. The fourth-order valence-electron chi connectivity index (χ4n) is 8.07. The Morgan fingerprint density at radius 1 is 0.756 bits per heavy atom. The Labute approximate surface area is 271 Å². The van der Waals surface area contributed by atoms with Gasteiger partial charge in [-0.1, -0.05) is 96.8 Å². The molecule has 0 bridgehead atoms. The van der Waals surface area contributed by atoms with Crippen LogP contribution in [0.25, 0.3) is 0 Å². The highest BCUT2D eigenvalue weighted by molar-refractivity contribution is 7.47. The first-order chi connectivity index (χ1) is 21.8. The van der Waals surface area contributed by atoms with E-state index in [0.29, 0.717) is 24.4 Å². The van der Waals surface area contributed by atoms with E-state index < -0.39 is 32.6 Å². The number of unbranched alkanes of at least 4 members (excludes halogenated alkanes) is 10. The number of alkyl carbamates (subject to hydrolysis) is 1. The molecule has 0 aromatic heterocycles.